The van der Waals surface area contributed by atoms with E-state index in [1.165, 1.54) is 9.75 Å². The Bertz CT molecular complexity index is 364. The van der Waals surface area contributed by atoms with E-state index >= 15 is 0 Å². The average molecular weight is 304 g/mol. The number of rotatable bonds is 4. The van der Waals surface area contributed by atoms with Crippen molar-refractivity contribution in [3.8, 4) is 0 Å². The van der Waals surface area contributed by atoms with Gasteiger partial charge in [-0.15, -0.1) is 11.3 Å². The monoisotopic (exact) mass is 303 g/mol. The van der Waals surface area contributed by atoms with Crippen LogP contribution in [0, 0.1) is 6.92 Å². The third kappa shape index (κ3) is 3.08. The van der Waals surface area contributed by atoms with Gasteiger partial charge in [0.25, 0.3) is 0 Å². The van der Waals surface area contributed by atoms with Crippen LogP contribution in [-0.4, -0.2) is 22.7 Å². The zero-order chi connectivity index (χ0) is 12.3. The van der Waals surface area contributed by atoms with E-state index in [1.54, 1.807) is 11.3 Å². The minimum atomic E-state index is -0.0685. The highest BCUT2D eigenvalue weighted by Gasteiger charge is 2.23. The van der Waals surface area contributed by atoms with Crippen LogP contribution in [0.5, 0.6) is 0 Å². The Morgan fingerprint density at radius 2 is 2.19 bits per heavy atom. The van der Waals surface area contributed by atoms with E-state index < -0.39 is 0 Å². The Balaban J connectivity index is 2.74. The summed E-state index contributed by atoms with van der Waals surface area (Å²) in [6.45, 7) is 6.16. The van der Waals surface area contributed by atoms with Crippen LogP contribution in [0.4, 0.5) is 0 Å². The minimum Gasteiger partial charge on any atom is -0.337 e. The molecule has 1 aromatic heterocycles. The lowest BCUT2D eigenvalue weighted by Gasteiger charge is -2.26. The Kier molecular flexibility index (Phi) is 4.99. The number of amides is 1. The standard InChI is InChI=1S/C12H18BrNOS/c1-5-10(13)12(15)14(4)9(3)11-7-6-8(2)16-11/h6-7,9-10H,5H2,1-4H3. The topological polar surface area (TPSA) is 20.3 Å². The lowest BCUT2D eigenvalue weighted by atomic mass is 10.2. The largest absolute Gasteiger partial charge is 0.337 e. The highest BCUT2D eigenvalue weighted by Crippen LogP contribution is 2.27. The molecule has 1 heterocycles. The van der Waals surface area contributed by atoms with Gasteiger partial charge < -0.3 is 4.90 Å². The molecule has 0 fully saturated rings. The molecule has 1 aromatic rings. The fourth-order valence-electron chi connectivity index (χ4n) is 1.46. The fourth-order valence-corrected chi connectivity index (χ4v) is 2.75. The third-order valence-corrected chi connectivity index (χ3v) is 4.94. The van der Waals surface area contributed by atoms with Crippen molar-refractivity contribution in [1.29, 1.82) is 0 Å². The van der Waals surface area contributed by atoms with E-state index in [4.69, 9.17) is 0 Å². The highest BCUT2D eigenvalue weighted by atomic mass is 79.9. The Morgan fingerprint density at radius 3 is 2.62 bits per heavy atom. The van der Waals surface area contributed by atoms with Crippen molar-refractivity contribution in [3.63, 3.8) is 0 Å². The van der Waals surface area contributed by atoms with Crippen LogP contribution in [0.15, 0.2) is 12.1 Å². The van der Waals surface area contributed by atoms with Gasteiger partial charge in [0.05, 0.1) is 10.9 Å². The molecule has 0 aliphatic rings. The van der Waals surface area contributed by atoms with Crippen LogP contribution in [0.1, 0.15) is 36.1 Å². The third-order valence-electron chi connectivity index (χ3n) is 2.73. The smallest absolute Gasteiger partial charge is 0.236 e. The van der Waals surface area contributed by atoms with Crippen molar-refractivity contribution in [1.82, 2.24) is 4.90 Å². The summed E-state index contributed by atoms with van der Waals surface area (Å²) in [6, 6.07) is 4.35. The molecule has 0 saturated carbocycles. The van der Waals surface area contributed by atoms with Gasteiger partial charge >= 0.3 is 0 Å². The number of thiophene rings is 1. The van der Waals surface area contributed by atoms with E-state index in [0.29, 0.717) is 0 Å². The second-order valence-corrected chi connectivity index (χ2v) is 6.37. The molecule has 1 rings (SSSR count). The number of alkyl halides is 1. The minimum absolute atomic E-state index is 0.0685. The number of carbonyl (C=O) groups excluding carboxylic acids is 1. The predicted octanol–water partition coefficient (Wildman–Crippen LogP) is 3.75. The van der Waals surface area contributed by atoms with Crippen LogP contribution in [0.3, 0.4) is 0 Å². The van der Waals surface area contributed by atoms with Crippen LogP contribution in [0.25, 0.3) is 0 Å². The van der Waals surface area contributed by atoms with Gasteiger partial charge in [-0.3, -0.25) is 4.79 Å². The van der Waals surface area contributed by atoms with Gasteiger partial charge in [0.1, 0.15) is 0 Å². The summed E-state index contributed by atoms with van der Waals surface area (Å²) < 4.78 is 0. The van der Waals surface area contributed by atoms with Gasteiger partial charge in [-0.05, 0) is 32.4 Å². The maximum absolute atomic E-state index is 12.0. The van der Waals surface area contributed by atoms with Gasteiger partial charge in [-0.2, -0.15) is 0 Å². The normalized spacial score (nSPS) is 14.6. The van der Waals surface area contributed by atoms with Crippen LogP contribution < -0.4 is 0 Å². The quantitative estimate of drug-likeness (QED) is 0.776. The Hall–Kier alpha value is -0.350. The molecule has 0 N–H and O–H groups in total. The van der Waals surface area contributed by atoms with Crippen molar-refractivity contribution in [2.75, 3.05) is 7.05 Å². The van der Waals surface area contributed by atoms with Gasteiger partial charge in [0.2, 0.25) is 5.91 Å². The lowest BCUT2D eigenvalue weighted by Crippen LogP contribution is -2.34. The lowest BCUT2D eigenvalue weighted by molar-refractivity contribution is -0.131. The number of hydrogen-bond donors (Lipinski definition) is 0. The molecule has 0 saturated heterocycles. The summed E-state index contributed by atoms with van der Waals surface area (Å²) in [5.41, 5.74) is 0. The summed E-state index contributed by atoms with van der Waals surface area (Å²) in [5, 5.41) is 0. The molecule has 4 heteroatoms. The van der Waals surface area contributed by atoms with Crippen LogP contribution in [0.2, 0.25) is 0 Å². The van der Waals surface area contributed by atoms with E-state index in [9.17, 15) is 4.79 Å². The number of carbonyl (C=O) groups is 1. The van der Waals surface area contributed by atoms with Crippen molar-refractivity contribution in [3.05, 3.63) is 21.9 Å². The van der Waals surface area contributed by atoms with E-state index in [1.807, 2.05) is 18.9 Å². The van der Waals surface area contributed by atoms with E-state index in [2.05, 4.69) is 41.9 Å². The molecule has 16 heavy (non-hydrogen) atoms. The molecule has 2 atom stereocenters. The average Bonchev–Trinajstić information content (AvgIpc) is 2.71. The first-order valence-electron chi connectivity index (χ1n) is 5.44. The molecule has 0 spiro atoms. The molecule has 90 valence electrons. The molecule has 0 aromatic carbocycles. The van der Waals surface area contributed by atoms with Crippen LogP contribution in [-0.2, 0) is 4.79 Å². The Morgan fingerprint density at radius 1 is 1.56 bits per heavy atom. The van der Waals surface area contributed by atoms with Crippen molar-refractivity contribution in [2.24, 2.45) is 0 Å². The highest BCUT2D eigenvalue weighted by molar-refractivity contribution is 9.10. The maximum Gasteiger partial charge on any atom is 0.236 e. The molecule has 2 unspecified atom stereocenters. The van der Waals surface area contributed by atoms with Gasteiger partial charge in [-0.1, -0.05) is 22.9 Å². The first kappa shape index (κ1) is 13.7. The number of hydrogen-bond acceptors (Lipinski definition) is 2. The fraction of sp³-hybridized carbons (Fsp3) is 0.583. The zero-order valence-corrected chi connectivity index (χ0v) is 12.6. The summed E-state index contributed by atoms with van der Waals surface area (Å²) in [7, 11) is 1.87. The van der Waals surface area contributed by atoms with Gasteiger partial charge in [-0.25, -0.2) is 0 Å². The SMILES string of the molecule is CCC(Br)C(=O)N(C)C(C)c1ccc(C)s1. The summed E-state index contributed by atoms with van der Waals surface area (Å²) in [4.78, 5) is 16.3. The number of halogens is 1. The molecule has 0 aliphatic carbocycles. The molecule has 2 nitrogen and oxygen atoms in total. The molecule has 1 amide bonds. The molecular weight excluding hydrogens is 286 g/mol. The van der Waals surface area contributed by atoms with E-state index in [-0.39, 0.29) is 16.8 Å². The summed E-state index contributed by atoms with van der Waals surface area (Å²) in [6.07, 6.45) is 0.819. The van der Waals surface area contributed by atoms with Crippen molar-refractivity contribution >= 4 is 33.2 Å². The summed E-state index contributed by atoms with van der Waals surface area (Å²) in [5.74, 6) is 0.154. The molecule has 0 bridgehead atoms. The zero-order valence-electron chi connectivity index (χ0n) is 10.2. The molecule has 0 aliphatic heterocycles. The molecule has 0 radical (unpaired) electrons. The van der Waals surface area contributed by atoms with Crippen molar-refractivity contribution < 1.29 is 4.79 Å². The maximum atomic E-state index is 12.0. The first-order chi connectivity index (χ1) is 7.47. The number of aryl methyl sites for hydroxylation is 1. The second kappa shape index (κ2) is 5.82. The van der Waals surface area contributed by atoms with Gasteiger partial charge in [0, 0.05) is 16.8 Å². The predicted molar refractivity (Wildman–Crippen MR) is 73.2 cm³/mol. The molecular formula is C12H18BrNOS. The Labute approximate surface area is 110 Å². The number of nitrogens with zero attached hydrogens (tertiary/aromatic N) is 1. The van der Waals surface area contributed by atoms with Gasteiger partial charge in [0.15, 0.2) is 0 Å². The van der Waals surface area contributed by atoms with Crippen molar-refractivity contribution in [2.45, 2.75) is 38.1 Å². The van der Waals surface area contributed by atoms with E-state index in [0.717, 1.165) is 6.42 Å². The summed E-state index contributed by atoms with van der Waals surface area (Å²) >= 11 is 5.15. The second-order valence-electron chi connectivity index (χ2n) is 3.95. The first-order valence-corrected chi connectivity index (χ1v) is 7.17. The van der Waals surface area contributed by atoms with Crippen LogP contribution >= 0.6 is 27.3 Å².